The predicted octanol–water partition coefficient (Wildman–Crippen LogP) is 9.10. The van der Waals surface area contributed by atoms with Gasteiger partial charge in [0.1, 0.15) is 17.2 Å². The molecule has 4 aromatic rings. The summed E-state index contributed by atoms with van der Waals surface area (Å²) in [7, 11) is 0. The van der Waals surface area contributed by atoms with Gasteiger partial charge in [-0.25, -0.2) is 18.6 Å². The number of carboxylic acids is 1. The fourth-order valence-corrected chi connectivity index (χ4v) is 6.45. The van der Waals surface area contributed by atoms with Crippen LogP contribution in [0.4, 0.5) is 14.6 Å². The van der Waals surface area contributed by atoms with E-state index in [9.17, 15) is 14.3 Å². The van der Waals surface area contributed by atoms with Crippen molar-refractivity contribution in [1.82, 2.24) is 9.38 Å². The van der Waals surface area contributed by atoms with Gasteiger partial charge < -0.3 is 24.2 Å². The average molecular weight is 688 g/mol. The highest BCUT2D eigenvalue weighted by Crippen LogP contribution is 2.41. The van der Waals surface area contributed by atoms with Crippen LogP contribution in [0.5, 0.6) is 5.75 Å². The van der Waals surface area contributed by atoms with Crippen molar-refractivity contribution < 1.29 is 32.9 Å². The molecule has 1 fully saturated rings. The van der Waals surface area contributed by atoms with E-state index in [1.165, 1.54) is 6.07 Å². The van der Waals surface area contributed by atoms with Crippen LogP contribution in [0, 0.1) is 18.6 Å². The highest BCUT2D eigenvalue weighted by molar-refractivity contribution is 5.80. The summed E-state index contributed by atoms with van der Waals surface area (Å²) in [5, 5.41) is 10.5. The van der Waals surface area contributed by atoms with Crippen LogP contribution in [0.2, 0.25) is 0 Å². The van der Waals surface area contributed by atoms with Crippen molar-refractivity contribution >= 4 is 17.4 Å². The number of aliphatic carboxylic acids is 1. The van der Waals surface area contributed by atoms with Crippen LogP contribution < -0.4 is 9.64 Å². The summed E-state index contributed by atoms with van der Waals surface area (Å²) in [6.45, 7) is 20.5. The Balaban J connectivity index is 1.65. The molecule has 0 spiro atoms. The van der Waals surface area contributed by atoms with Gasteiger partial charge in [0.25, 0.3) is 0 Å². The van der Waals surface area contributed by atoms with Crippen molar-refractivity contribution in [3.63, 3.8) is 0 Å². The lowest BCUT2D eigenvalue weighted by Gasteiger charge is -2.41. The van der Waals surface area contributed by atoms with Crippen molar-refractivity contribution in [1.29, 1.82) is 0 Å². The molecular formula is C40H47F2N3O5. The number of anilines is 1. The van der Waals surface area contributed by atoms with Gasteiger partial charge in [0, 0.05) is 36.8 Å². The second kappa shape index (κ2) is 14.7. The number of imidazole rings is 1. The summed E-state index contributed by atoms with van der Waals surface area (Å²) in [6.07, 6.45) is 5.73. The summed E-state index contributed by atoms with van der Waals surface area (Å²) >= 11 is 0. The number of carbonyl (C=O) groups is 1. The molecule has 50 heavy (non-hydrogen) atoms. The Morgan fingerprint density at radius 3 is 2.44 bits per heavy atom. The fraction of sp³-hybridized carbons (Fsp3) is 0.400. The topological polar surface area (TPSA) is 85.5 Å². The van der Waals surface area contributed by atoms with E-state index in [2.05, 4.69) is 25.0 Å². The van der Waals surface area contributed by atoms with Crippen molar-refractivity contribution in [2.75, 3.05) is 24.6 Å². The van der Waals surface area contributed by atoms with E-state index in [0.29, 0.717) is 72.8 Å². The number of ether oxygens (including phenoxy) is 3. The lowest BCUT2D eigenvalue weighted by molar-refractivity contribution is -0.160. The van der Waals surface area contributed by atoms with Crippen molar-refractivity contribution in [3.8, 4) is 28.1 Å². The van der Waals surface area contributed by atoms with Gasteiger partial charge in [0.2, 0.25) is 0 Å². The van der Waals surface area contributed by atoms with E-state index >= 15 is 4.39 Å². The van der Waals surface area contributed by atoms with Crippen molar-refractivity contribution in [2.45, 2.75) is 84.2 Å². The number of rotatable bonds is 13. The van der Waals surface area contributed by atoms with Crippen LogP contribution in [0.3, 0.4) is 0 Å². The molecule has 2 aromatic heterocycles. The molecule has 0 radical (unpaired) electrons. The maximum atomic E-state index is 15.4. The van der Waals surface area contributed by atoms with Gasteiger partial charge in [0.15, 0.2) is 17.7 Å². The Bertz CT molecular complexity index is 1890. The number of fused-ring (bicyclic) bond motifs is 1. The fourth-order valence-electron chi connectivity index (χ4n) is 6.45. The van der Waals surface area contributed by atoms with Gasteiger partial charge in [-0.15, -0.1) is 13.2 Å². The van der Waals surface area contributed by atoms with Gasteiger partial charge in [-0.2, -0.15) is 0 Å². The van der Waals surface area contributed by atoms with E-state index in [-0.39, 0.29) is 23.0 Å². The maximum absolute atomic E-state index is 15.4. The van der Waals surface area contributed by atoms with Gasteiger partial charge in [-0.1, -0.05) is 30.4 Å². The molecule has 0 amide bonds. The summed E-state index contributed by atoms with van der Waals surface area (Å²) < 4.78 is 50.3. The van der Waals surface area contributed by atoms with Gasteiger partial charge in [-0.3, -0.25) is 4.40 Å². The molecule has 5 rings (SSSR count). The molecule has 1 unspecified atom stereocenters. The minimum atomic E-state index is -1.24. The Morgan fingerprint density at radius 1 is 1.10 bits per heavy atom. The van der Waals surface area contributed by atoms with E-state index < -0.39 is 29.3 Å². The molecule has 10 heteroatoms. The van der Waals surface area contributed by atoms with E-state index in [0.717, 1.165) is 11.6 Å². The van der Waals surface area contributed by atoms with E-state index in [1.54, 1.807) is 30.4 Å². The number of benzene rings is 2. The molecule has 2 aromatic carbocycles. The summed E-state index contributed by atoms with van der Waals surface area (Å²) in [6, 6.07) is 11.4. The summed E-state index contributed by atoms with van der Waals surface area (Å²) in [4.78, 5) is 20.0. The van der Waals surface area contributed by atoms with Crippen LogP contribution in [-0.4, -0.2) is 57.5 Å². The third kappa shape index (κ3) is 7.92. The lowest BCUT2D eigenvalue weighted by atomic mass is 9.92. The quantitative estimate of drug-likeness (QED) is 0.140. The Kier molecular flexibility index (Phi) is 10.8. The minimum Gasteiger partial charge on any atom is -0.490 e. The van der Waals surface area contributed by atoms with Crippen LogP contribution >= 0.6 is 0 Å². The van der Waals surface area contributed by atoms with Crippen LogP contribution in [0.15, 0.2) is 74.0 Å². The molecule has 1 N–H and O–H groups in total. The first kappa shape index (κ1) is 36.7. The zero-order chi connectivity index (χ0) is 36.4. The summed E-state index contributed by atoms with van der Waals surface area (Å²) in [5.74, 6) is -2.17. The second-order valence-electron chi connectivity index (χ2n) is 14.2. The zero-order valence-electron chi connectivity index (χ0n) is 29.8. The smallest absolute Gasteiger partial charge is 0.337 e. The normalized spacial score (nSPS) is 15.9. The first-order chi connectivity index (χ1) is 23.6. The average Bonchev–Trinajstić information content (AvgIpc) is 3.48. The molecular weight excluding hydrogens is 640 g/mol. The Labute approximate surface area is 293 Å². The number of aromatic nitrogens is 2. The lowest BCUT2D eigenvalue weighted by Crippen LogP contribution is -2.45. The highest BCUT2D eigenvalue weighted by atomic mass is 19.2. The molecule has 0 saturated carbocycles. The Hall–Kier alpha value is -4.54. The molecule has 0 aliphatic carbocycles. The van der Waals surface area contributed by atoms with Gasteiger partial charge in [0.05, 0.1) is 35.2 Å². The largest absolute Gasteiger partial charge is 0.490 e. The molecule has 1 saturated heterocycles. The third-order valence-corrected chi connectivity index (χ3v) is 8.93. The molecule has 1 aliphatic heterocycles. The van der Waals surface area contributed by atoms with Crippen LogP contribution in [-0.2, 0) is 14.3 Å². The number of carboxylic acid groups (broad SMARTS) is 1. The Morgan fingerprint density at radius 2 is 1.80 bits per heavy atom. The molecule has 0 bridgehead atoms. The number of nitrogens with zero attached hydrogens (tertiary/aromatic N) is 3. The maximum Gasteiger partial charge on any atom is 0.337 e. The zero-order valence-corrected chi connectivity index (χ0v) is 29.8. The van der Waals surface area contributed by atoms with Gasteiger partial charge in [-0.05, 0) is 89.8 Å². The number of hydrogen-bond acceptors (Lipinski definition) is 6. The van der Waals surface area contributed by atoms with Crippen molar-refractivity contribution in [3.05, 3.63) is 96.7 Å². The SMILES string of the molecule is C=CCOC1(C)CCN(c2c(C(OC(C)(C)C)C(=O)O)c(C)cc3nc(-c4cccc(-c5c(O[C@@H](C)CC=C)ccc(F)c5F)c4)cn23)CC1. The highest BCUT2D eigenvalue weighted by Gasteiger charge is 2.37. The predicted molar refractivity (Wildman–Crippen MR) is 193 cm³/mol. The number of piperidine rings is 1. The van der Waals surface area contributed by atoms with E-state index in [1.807, 2.05) is 57.3 Å². The molecule has 266 valence electrons. The number of pyridine rings is 1. The summed E-state index contributed by atoms with van der Waals surface area (Å²) in [5.41, 5.74) is 2.47. The molecule has 3 heterocycles. The van der Waals surface area contributed by atoms with Crippen LogP contribution in [0.25, 0.3) is 28.0 Å². The standard InChI is InChI=1S/C40H47F2N3O5/c1-9-12-26(4)49-31-16-15-29(41)35(42)34(31)28-14-11-13-27(23-28)30-24-45-32(43-30)22-25(3)33(36(38(46)47)50-39(5,6)7)37(45)44-19-17-40(8,18-20-44)48-21-10-2/h9-11,13-16,22-24,26,36H,1-2,12,17-21H2,3-8H3,(H,46,47)/t26-,36?/m0/s1. The minimum absolute atomic E-state index is 0.0176. The van der Waals surface area contributed by atoms with Crippen molar-refractivity contribution in [2.24, 2.45) is 0 Å². The number of halogens is 2. The monoisotopic (exact) mass is 687 g/mol. The molecule has 1 aliphatic rings. The molecule has 8 nitrogen and oxygen atoms in total. The van der Waals surface area contributed by atoms with Crippen LogP contribution in [0.1, 0.15) is 71.1 Å². The number of aryl methyl sites for hydroxylation is 1. The second-order valence-corrected chi connectivity index (χ2v) is 14.2. The number of hydrogen-bond donors (Lipinski definition) is 1. The van der Waals surface area contributed by atoms with E-state index in [4.69, 9.17) is 19.2 Å². The third-order valence-electron chi connectivity index (χ3n) is 8.93. The first-order valence-electron chi connectivity index (χ1n) is 16.9. The van der Waals surface area contributed by atoms with Gasteiger partial charge >= 0.3 is 5.97 Å². The molecule has 2 atom stereocenters. The first-order valence-corrected chi connectivity index (χ1v) is 16.9.